The molecule has 8 nitrogen and oxygen atoms in total. The summed E-state index contributed by atoms with van der Waals surface area (Å²) in [6.07, 6.45) is 0.919. The largest absolute Gasteiger partial charge is 0.493 e. The fourth-order valence-corrected chi connectivity index (χ4v) is 5.04. The Morgan fingerprint density at radius 3 is 2.42 bits per heavy atom. The number of benzene rings is 3. The zero-order chi connectivity index (χ0) is 28.3. The molecule has 208 valence electrons. The van der Waals surface area contributed by atoms with Gasteiger partial charge in [0.05, 0.1) is 18.9 Å². The molecular formula is C31H33N3O5S. The van der Waals surface area contributed by atoms with Gasteiger partial charge >= 0.3 is 5.97 Å². The van der Waals surface area contributed by atoms with Crippen molar-refractivity contribution in [2.75, 3.05) is 37.5 Å². The molecule has 1 atom stereocenters. The van der Waals surface area contributed by atoms with Crippen molar-refractivity contribution in [1.29, 1.82) is 0 Å². The van der Waals surface area contributed by atoms with Gasteiger partial charge in [0.25, 0.3) is 0 Å². The number of ketones is 1. The molecule has 0 fully saturated rings. The second-order valence-electron chi connectivity index (χ2n) is 9.16. The van der Waals surface area contributed by atoms with E-state index < -0.39 is 12.0 Å². The molecular weight excluding hydrogens is 526 g/mol. The van der Waals surface area contributed by atoms with Gasteiger partial charge in [-0.3, -0.25) is 4.79 Å². The van der Waals surface area contributed by atoms with Crippen molar-refractivity contribution < 1.29 is 24.2 Å². The Balaban J connectivity index is 1.34. The molecule has 3 aromatic carbocycles. The Hall–Kier alpha value is -4.21. The number of thiazole rings is 1. The van der Waals surface area contributed by atoms with Crippen molar-refractivity contribution in [2.24, 2.45) is 0 Å². The number of ether oxygens (including phenoxy) is 2. The minimum absolute atomic E-state index is 0.166. The first-order valence-corrected chi connectivity index (χ1v) is 13.8. The number of carbonyl (C=O) groups excluding carboxylic acids is 1. The average molecular weight is 560 g/mol. The number of aryl methyl sites for hydroxylation is 1. The molecule has 1 heterocycles. The summed E-state index contributed by atoms with van der Waals surface area (Å²) >= 11 is 1.62. The second kappa shape index (κ2) is 14.3. The standard InChI is InChI=1S/C31H33N3O5S/c1-21-26(34-31(40-21)32-17-19-38-2)16-18-39-24-14-12-22(13-15-24)20-28(30(36)37)33-27-11-7-6-10-25(27)29(35)23-8-4-3-5-9-23/h3-15,28,33H,16-20H2,1-2H3,(H,32,34)(H,36,37). The van der Waals surface area contributed by atoms with Crippen LogP contribution in [0.4, 0.5) is 10.8 Å². The van der Waals surface area contributed by atoms with Crippen molar-refractivity contribution in [1.82, 2.24) is 4.98 Å². The van der Waals surface area contributed by atoms with E-state index in [0.717, 1.165) is 21.3 Å². The number of nitrogens with zero attached hydrogens (tertiary/aromatic N) is 1. The van der Waals surface area contributed by atoms with Crippen LogP contribution in [0.3, 0.4) is 0 Å². The van der Waals surface area contributed by atoms with Gasteiger partial charge in [-0.25, -0.2) is 9.78 Å². The first-order valence-electron chi connectivity index (χ1n) is 13.0. The van der Waals surface area contributed by atoms with Crippen LogP contribution in [-0.2, 0) is 22.4 Å². The number of anilines is 2. The summed E-state index contributed by atoms with van der Waals surface area (Å²) in [6, 6.07) is 22.4. The topological polar surface area (TPSA) is 110 Å². The van der Waals surface area contributed by atoms with Crippen molar-refractivity contribution in [3.63, 3.8) is 0 Å². The van der Waals surface area contributed by atoms with Crippen molar-refractivity contribution in [3.05, 3.63) is 106 Å². The molecule has 0 aliphatic heterocycles. The maximum Gasteiger partial charge on any atom is 0.326 e. The van der Waals surface area contributed by atoms with Crippen LogP contribution in [0.2, 0.25) is 0 Å². The highest BCUT2D eigenvalue weighted by atomic mass is 32.1. The Kier molecular flexibility index (Phi) is 10.3. The molecule has 0 saturated heterocycles. The van der Waals surface area contributed by atoms with Crippen LogP contribution in [-0.4, -0.2) is 54.8 Å². The maximum absolute atomic E-state index is 13.1. The molecule has 0 aliphatic rings. The number of hydrogen-bond acceptors (Lipinski definition) is 8. The van der Waals surface area contributed by atoms with Gasteiger partial charge in [0, 0.05) is 48.2 Å². The summed E-state index contributed by atoms with van der Waals surface area (Å²) in [5.41, 5.74) is 3.29. The third-order valence-corrected chi connectivity index (χ3v) is 7.25. The normalized spacial score (nSPS) is 11.6. The van der Waals surface area contributed by atoms with Crippen LogP contribution in [0.25, 0.3) is 0 Å². The third-order valence-electron chi connectivity index (χ3n) is 6.28. The predicted octanol–water partition coefficient (Wildman–Crippen LogP) is 5.47. The minimum Gasteiger partial charge on any atom is -0.493 e. The van der Waals surface area contributed by atoms with Gasteiger partial charge in [-0.05, 0) is 36.8 Å². The zero-order valence-corrected chi connectivity index (χ0v) is 23.4. The molecule has 0 saturated carbocycles. The number of aliphatic carboxylic acids is 1. The third kappa shape index (κ3) is 7.91. The molecule has 9 heteroatoms. The van der Waals surface area contributed by atoms with E-state index in [2.05, 4.69) is 15.6 Å². The van der Waals surface area contributed by atoms with E-state index in [9.17, 15) is 14.7 Å². The fraction of sp³-hybridized carbons (Fsp3) is 0.258. The molecule has 1 aromatic heterocycles. The van der Waals surface area contributed by atoms with Crippen molar-refractivity contribution >= 4 is 33.9 Å². The Morgan fingerprint density at radius 1 is 0.975 bits per heavy atom. The first-order chi connectivity index (χ1) is 19.4. The van der Waals surface area contributed by atoms with E-state index in [-0.39, 0.29) is 12.2 Å². The number of carboxylic acid groups (broad SMARTS) is 1. The van der Waals surface area contributed by atoms with Gasteiger partial charge in [0.2, 0.25) is 0 Å². The fourth-order valence-electron chi connectivity index (χ4n) is 4.16. The van der Waals surface area contributed by atoms with Crippen LogP contribution in [0.5, 0.6) is 5.75 Å². The molecule has 0 radical (unpaired) electrons. The summed E-state index contributed by atoms with van der Waals surface area (Å²) in [4.78, 5) is 31.0. The second-order valence-corrected chi connectivity index (χ2v) is 10.4. The van der Waals surface area contributed by atoms with Crippen LogP contribution in [0.15, 0.2) is 78.9 Å². The number of methoxy groups -OCH3 is 1. The number of carboxylic acids is 1. The molecule has 0 bridgehead atoms. The molecule has 0 spiro atoms. The van der Waals surface area contributed by atoms with E-state index in [1.807, 2.05) is 37.3 Å². The quantitative estimate of drug-likeness (QED) is 0.130. The highest BCUT2D eigenvalue weighted by Crippen LogP contribution is 2.24. The lowest BCUT2D eigenvalue weighted by atomic mass is 10.00. The highest BCUT2D eigenvalue weighted by molar-refractivity contribution is 7.15. The Morgan fingerprint density at radius 2 is 1.70 bits per heavy atom. The van der Waals surface area contributed by atoms with Crippen LogP contribution >= 0.6 is 11.3 Å². The summed E-state index contributed by atoms with van der Waals surface area (Å²) in [6.45, 7) is 3.86. The molecule has 0 aliphatic carbocycles. The van der Waals surface area contributed by atoms with Gasteiger partial charge in [-0.2, -0.15) is 0 Å². The van der Waals surface area contributed by atoms with Crippen LogP contribution in [0.1, 0.15) is 32.1 Å². The number of nitrogens with one attached hydrogen (secondary N) is 2. The number of para-hydroxylation sites is 1. The molecule has 4 aromatic rings. The lowest BCUT2D eigenvalue weighted by Crippen LogP contribution is -2.32. The SMILES string of the molecule is COCCNc1nc(CCOc2ccc(CC(Nc3ccccc3C(=O)c3ccccc3)C(=O)O)cc2)c(C)s1. The van der Waals surface area contributed by atoms with Gasteiger partial charge in [0.1, 0.15) is 11.8 Å². The number of aromatic nitrogens is 1. The number of hydrogen-bond donors (Lipinski definition) is 3. The molecule has 0 amide bonds. The summed E-state index contributed by atoms with van der Waals surface area (Å²) < 4.78 is 11.0. The van der Waals surface area contributed by atoms with Gasteiger partial charge in [-0.15, -0.1) is 11.3 Å². The zero-order valence-electron chi connectivity index (χ0n) is 22.6. The average Bonchev–Trinajstić information content (AvgIpc) is 3.32. The molecule has 40 heavy (non-hydrogen) atoms. The molecule has 3 N–H and O–H groups in total. The van der Waals surface area contributed by atoms with E-state index >= 15 is 0 Å². The number of carbonyl (C=O) groups is 2. The minimum atomic E-state index is -1.00. The van der Waals surface area contributed by atoms with Gasteiger partial charge in [-0.1, -0.05) is 54.6 Å². The predicted molar refractivity (Wildman–Crippen MR) is 158 cm³/mol. The first kappa shape index (κ1) is 28.8. The molecule has 4 rings (SSSR count). The van der Waals surface area contributed by atoms with Gasteiger partial charge in [0.15, 0.2) is 10.9 Å². The monoisotopic (exact) mass is 559 g/mol. The van der Waals surface area contributed by atoms with E-state index in [1.165, 1.54) is 0 Å². The van der Waals surface area contributed by atoms with Gasteiger partial charge < -0.3 is 25.2 Å². The number of rotatable bonds is 15. The van der Waals surface area contributed by atoms with Crippen LogP contribution in [0, 0.1) is 6.92 Å². The summed E-state index contributed by atoms with van der Waals surface area (Å²) in [5.74, 6) is -0.466. The smallest absolute Gasteiger partial charge is 0.326 e. The summed E-state index contributed by atoms with van der Waals surface area (Å²) in [5, 5.41) is 17.1. The van der Waals surface area contributed by atoms with Crippen molar-refractivity contribution in [3.8, 4) is 5.75 Å². The van der Waals surface area contributed by atoms with E-state index in [1.54, 1.807) is 67.0 Å². The van der Waals surface area contributed by atoms with E-state index in [0.29, 0.717) is 48.7 Å². The summed E-state index contributed by atoms with van der Waals surface area (Å²) in [7, 11) is 1.67. The van der Waals surface area contributed by atoms with Crippen molar-refractivity contribution in [2.45, 2.75) is 25.8 Å². The lowest BCUT2D eigenvalue weighted by Gasteiger charge is -2.18. The lowest BCUT2D eigenvalue weighted by molar-refractivity contribution is -0.137. The maximum atomic E-state index is 13.1. The molecule has 1 unspecified atom stereocenters. The Labute approximate surface area is 238 Å². The van der Waals surface area contributed by atoms with Crippen LogP contribution < -0.4 is 15.4 Å². The Bertz CT molecular complexity index is 1410. The van der Waals surface area contributed by atoms with E-state index in [4.69, 9.17) is 9.47 Å². The highest BCUT2D eigenvalue weighted by Gasteiger charge is 2.21.